The average Bonchev–Trinajstić information content (AvgIpc) is 2.81. The summed E-state index contributed by atoms with van der Waals surface area (Å²) in [6.45, 7) is 3.68. The standard InChI is InChI=1S/C15H18N2O4/c1-9-6-7-17(13(9)14(19)20)15(21)16-12-5-3-4-11(8-12)10(2)18/h3-5,8-9,13H,6-7H2,1-2H3,(H,16,21)(H,19,20). The van der Waals surface area contributed by atoms with Crippen LogP contribution < -0.4 is 5.32 Å². The number of hydrogen-bond donors (Lipinski definition) is 2. The van der Waals surface area contributed by atoms with Crippen molar-refractivity contribution in [2.75, 3.05) is 11.9 Å². The monoisotopic (exact) mass is 290 g/mol. The normalized spacial score (nSPS) is 21.1. The number of carbonyl (C=O) groups is 3. The maximum absolute atomic E-state index is 12.2. The van der Waals surface area contributed by atoms with Gasteiger partial charge in [-0.1, -0.05) is 19.1 Å². The molecule has 2 N–H and O–H groups in total. The van der Waals surface area contributed by atoms with Crippen LogP contribution >= 0.6 is 0 Å². The molecule has 0 aliphatic carbocycles. The summed E-state index contributed by atoms with van der Waals surface area (Å²) in [7, 11) is 0. The molecule has 2 amide bonds. The highest BCUT2D eigenvalue weighted by Crippen LogP contribution is 2.25. The molecule has 2 rings (SSSR count). The SMILES string of the molecule is CC(=O)c1cccc(NC(=O)N2CCC(C)C2C(=O)O)c1. The number of aliphatic carboxylic acids is 1. The largest absolute Gasteiger partial charge is 0.480 e. The minimum absolute atomic E-state index is 0.0724. The van der Waals surface area contributed by atoms with Crippen LogP contribution in [0.1, 0.15) is 30.6 Å². The molecule has 112 valence electrons. The molecule has 2 atom stereocenters. The minimum Gasteiger partial charge on any atom is -0.480 e. The molecule has 0 spiro atoms. The third-order valence-corrected chi connectivity index (χ3v) is 3.73. The van der Waals surface area contributed by atoms with Gasteiger partial charge in [0.15, 0.2) is 5.78 Å². The maximum Gasteiger partial charge on any atom is 0.326 e. The van der Waals surface area contributed by atoms with Crippen LogP contribution in [-0.4, -0.2) is 40.4 Å². The highest BCUT2D eigenvalue weighted by atomic mass is 16.4. The molecule has 1 aliphatic rings. The lowest BCUT2D eigenvalue weighted by molar-refractivity contribution is -0.142. The number of benzene rings is 1. The van der Waals surface area contributed by atoms with Crippen molar-refractivity contribution in [2.45, 2.75) is 26.3 Å². The Morgan fingerprint density at radius 1 is 1.33 bits per heavy atom. The number of likely N-dealkylation sites (tertiary alicyclic amines) is 1. The van der Waals surface area contributed by atoms with E-state index in [-0.39, 0.29) is 11.7 Å². The Hall–Kier alpha value is -2.37. The van der Waals surface area contributed by atoms with Crippen LogP contribution in [0.25, 0.3) is 0 Å². The number of anilines is 1. The quantitative estimate of drug-likeness (QED) is 0.836. The number of ketones is 1. The van der Waals surface area contributed by atoms with Gasteiger partial charge >= 0.3 is 12.0 Å². The second-order valence-corrected chi connectivity index (χ2v) is 5.31. The molecule has 6 heteroatoms. The zero-order chi connectivity index (χ0) is 15.6. The molecule has 1 aromatic carbocycles. The van der Waals surface area contributed by atoms with Gasteiger partial charge in [0, 0.05) is 17.8 Å². The van der Waals surface area contributed by atoms with Crippen molar-refractivity contribution in [1.82, 2.24) is 4.90 Å². The topological polar surface area (TPSA) is 86.7 Å². The number of carboxylic acids is 1. The number of nitrogens with zero attached hydrogens (tertiary/aromatic N) is 1. The molecule has 1 aliphatic heterocycles. The summed E-state index contributed by atoms with van der Waals surface area (Å²) in [5.41, 5.74) is 0.980. The van der Waals surface area contributed by atoms with Crippen molar-refractivity contribution < 1.29 is 19.5 Å². The summed E-state index contributed by atoms with van der Waals surface area (Å²) >= 11 is 0. The van der Waals surface area contributed by atoms with Gasteiger partial charge in [-0.25, -0.2) is 9.59 Å². The van der Waals surface area contributed by atoms with Gasteiger partial charge in [-0.05, 0) is 31.4 Å². The van der Waals surface area contributed by atoms with Crippen LogP contribution in [0.4, 0.5) is 10.5 Å². The summed E-state index contributed by atoms with van der Waals surface area (Å²) in [6, 6.07) is 5.33. The Morgan fingerprint density at radius 3 is 2.67 bits per heavy atom. The van der Waals surface area contributed by atoms with Gasteiger partial charge in [0.05, 0.1) is 0 Å². The van der Waals surface area contributed by atoms with Crippen LogP contribution in [0.2, 0.25) is 0 Å². The lowest BCUT2D eigenvalue weighted by Crippen LogP contribution is -2.44. The van der Waals surface area contributed by atoms with Gasteiger partial charge in [-0.2, -0.15) is 0 Å². The van der Waals surface area contributed by atoms with Crippen LogP contribution in [-0.2, 0) is 4.79 Å². The molecular weight excluding hydrogens is 272 g/mol. The van der Waals surface area contributed by atoms with Gasteiger partial charge in [0.2, 0.25) is 0 Å². The van der Waals surface area contributed by atoms with Crippen LogP contribution in [0.15, 0.2) is 24.3 Å². The highest BCUT2D eigenvalue weighted by molar-refractivity contribution is 5.97. The van der Waals surface area contributed by atoms with E-state index in [1.165, 1.54) is 11.8 Å². The lowest BCUT2D eigenvalue weighted by atomic mass is 10.0. The molecule has 0 saturated carbocycles. The maximum atomic E-state index is 12.2. The molecule has 6 nitrogen and oxygen atoms in total. The zero-order valence-corrected chi connectivity index (χ0v) is 12.0. The number of carbonyl (C=O) groups excluding carboxylic acids is 2. The first-order chi connectivity index (χ1) is 9.90. The Morgan fingerprint density at radius 2 is 2.05 bits per heavy atom. The predicted octanol–water partition coefficient (Wildman–Crippen LogP) is 2.22. The fraction of sp³-hybridized carbons (Fsp3) is 0.400. The van der Waals surface area contributed by atoms with Crippen LogP contribution in [0.3, 0.4) is 0 Å². The van der Waals surface area contributed by atoms with E-state index in [4.69, 9.17) is 0 Å². The van der Waals surface area contributed by atoms with E-state index in [1.54, 1.807) is 24.3 Å². The van der Waals surface area contributed by atoms with Crippen LogP contribution in [0.5, 0.6) is 0 Å². The molecule has 21 heavy (non-hydrogen) atoms. The molecule has 0 radical (unpaired) electrons. The number of Topliss-reactive ketones (excluding diaryl/α,β-unsaturated/α-hetero) is 1. The first-order valence-electron chi connectivity index (χ1n) is 6.81. The molecule has 1 fully saturated rings. The average molecular weight is 290 g/mol. The number of nitrogens with one attached hydrogen (secondary N) is 1. The third kappa shape index (κ3) is 3.21. The van der Waals surface area contributed by atoms with E-state index >= 15 is 0 Å². The molecule has 1 heterocycles. The number of hydrogen-bond acceptors (Lipinski definition) is 3. The molecular formula is C15H18N2O4. The molecule has 1 saturated heterocycles. The molecule has 0 aromatic heterocycles. The van der Waals surface area contributed by atoms with E-state index in [2.05, 4.69) is 5.32 Å². The Labute approximate surface area is 122 Å². The van der Waals surface area contributed by atoms with Gasteiger partial charge in [-0.3, -0.25) is 4.79 Å². The number of carboxylic acid groups (broad SMARTS) is 1. The van der Waals surface area contributed by atoms with Gasteiger partial charge < -0.3 is 15.3 Å². The number of rotatable bonds is 3. The van der Waals surface area contributed by atoms with Gasteiger partial charge in [0.1, 0.15) is 6.04 Å². The highest BCUT2D eigenvalue weighted by Gasteiger charge is 2.39. The van der Waals surface area contributed by atoms with Gasteiger partial charge in [-0.15, -0.1) is 0 Å². The first kappa shape index (κ1) is 15.0. The fourth-order valence-electron chi connectivity index (χ4n) is 2.56. The van der Waals surface area contributed by atoms with E-state index < -0.39 is 18.0 Å². The fourth-order valence-corrected chi connectivity index (χ4v) is 2.56. The summed E-state index contributed by atoms with van der Waals surface area (Å²) in [5, 5.41) is 11.9. The summed E-state index contributed by atoms with van der Waals surface area (Å²) in [5.74, 6) is -1.16. The van der Waals surface area contributed by atoms with Crippen molar-refractivity contribution in [2.24, 2.45) is 5.92 Å². The Bertz CT molecular complexity index is 585. The van der Waals surface area contributed by atoms with Gasteiger partial charge in [0.25, 0.3) is 0 Å². The van der Waals surface area contributed by atoms with Crippen molar-refractivity contribution >= 4 is 23.5 Å². The van der Waals surface area contributed by atoms with Crippen molar-refractivity contribution in [1.29, 1.82) is 0 Å². The summed E-state index contributed by atoms with van der Waals surface area (Å²) < 4.78 is 0. The van der Waals surface area contributed by atoms with E-state index in [0.29, 0.717) is 24.2 Å². The van der Waals surface area contributed by atoms with Crippen molar-refractivity contribution in [3.8, 4) is 0 Å². The lowest BCUT2D eigenvalue weighted by Gasteiger charge is -2.23. The smallest absolute Gasteiger partial charge is 0.326 e. The van der Waals surface area contributed by atoms with E-state index in [0.717, 1.165) is 0 Å². The summed E-state index contributed by atoms with van der Waals surface area (Å²) in [6.07, 6.45) is 0.665. The van der Waals surface area contributed by atoms with Crippen molar-refractivity contribution in [3.05, 3.63) is 29.8 Å². The van der Waals surface area contributed by atoms with E-state index in [1.807, 2.05) is 6.92 Å². The molecule has 2 unspecified atom stereocenters. The Kier molecular flexibility index (Phi) is 4.26. The summed E-state index contributed by atoms with van der Waals surface area (Å²) in [4.78, 5) is 36.1. The van der Waals surface area contributed by atoms with E-state index in [9.17, 15) is 19.5 Å². The molecule has 1 aromatic rings. The Balaban J connectivity index is 2.13. The zero-order valence-electron chi connectivity index (χ0n) is 12.0. The second kappa shape index (κ2) is 5.95. The minimum atomic E-state index is -0.993. The molecule has 0 bridgehead atoms. The first-order valence-corrected chi connectivity index (χ1v) is 6.81. The van der Waals surface area contributed by atoms with Crippen LogP contribution in [0, 0.1) is 5.92 Å². The van der Waals surface area contributed by atoms with Crippen molar-refractivity contribution in [3.63, 3.8) is 0 Å². The third-order valence-electron chi connectivity index (χ3n) is 3.73. The second-order valence-electron chi connectivity index (χ2n) is 5.31. The predicted molar refractivity (Wildman–Crippen MR) is 77.4 cm³/mol. The number of amides is 2. The number of urea groups is 1.